The number of piperidine rings is 1. The summed E-state index contributed by atoms with van der Waals surface area (Å²) >= 11 is 0. The Morgan fingerprint density at radius 2 is 2.09 bits per heavy atom. The molecule has 0 saturated carbocycles. The third-order valence-electron chi connectivity index (χ3n) is 2.82. The van der Waals surface area contributed by atoms with Crippen LogP contribution >= 0.6 is 0 Å². The highest BCUT2D eigenvalue weighted by atomic mass is 19.1. The molecule has 0 radical (unpaired) electrons. The largest absolute Gasteiger partial charge is 0.300 e. The molecule has 66 valence electrons. The first-order valence-corrected chi connectivity index (χ1v) is 4.52. The first kappa shape index (κ1) is 8.98. The van der Waals surface area contributed by atoms with Crippen molar-refractivity contribution >= 4 is 0 Å². The second-order valence-corrected chi connectivity index (χ2v) is 3.73. The van der Waals surface area contributed by atoms with Crippen molar-refractivity contribution in [3.8, 4) is 0 Å². The van der Waals surface area contributed by atoms with Crippen molar-refractivity contribution in [1.29, 1.82) is 0 Å². The summed E-state index contributed by atoms with van der Waals surface area (Å²) in [5, 5.41) is 0. The van der Waals surface area contributed by atoms with Gasteiger partial charge in [0.2, 0.25) is 0 Å². The van der Waals surface area contributed by atoms with Crippen LogP contribution in [0, 0.1) is 11.8 Å². The van der Waals surface area contributed by atoms with Crippen molar-refractivity contribution < 1.29 is 4.39 Å². The Hall–Kier alpha value is -0.110. The molecule has 0 aromatic carbocycles. The quantitative estimate of drug-likeness (QED) is 0.595. The standard InChI is InChI=1S/C9H18FN/c1-8-3-5-11(6-4-10)7-9(8)2/h8-9H,3-7H2,1-2H3. The molecule has 0 aromatic heterocycles. The average molecular weight is 159 g/mol. The fourth-order valence-corrected chi connectivity index (χ4v) is 1.67. The molecule has 1 aliphatic rings. The minimum Gasteiger partial charge on any atom is -0.300 e. The first-order chi connectivity index (χ1) is 5.24. The van der Waals surface area contributed by atoms with Crippen LogP contribution in [0.1, 0.15) is 20.3 Å². The smallest absolute Gasteiger partial charge is 0.102 e. The lowest BCUT2D eigenvalue weighted by atomic mass is 9.89. The lowest BCUT2D eigenvalue weighted by molar-refractivity contribution is 0.131. The molecule has 2 atom stereocenters. The first-order valence-electron chi connectivity index (χ1n) is 4.52. The molecule has 1 heterocycles. The molecule has 0 amide bonds. The minimum absolute atomic E-state index is 0.193. The van der Waals surface area contributed by atoms with E-state index in [2.05, 4.69) is 18.7 Å². The van der Waals surface area contributed by atoms with E-state index in [4.69, 9.17) is 0 Å². The summed E-state index contributed by atoms with van der Waals surface area (Å²) in [6.45, 7) is 7.17. The van der Waals surface area contributed by atoms with E-state index in [1.807, 2.05) is 0 Å². The Morgan fingerprint density at radius 3 is 2.64 bits per heavy atom. The number of rotatable bonds is 2. The Kier molecular flexibility index (Phi) is 3.31. The fraction of sp³-hybridized carbons (Fsp3) is 1.00. The van der Waals surface area contributed by atoms with Crippen molar-refractivity contribution in [3.63, 3.8) is 0 Å². The topological polar surface area (TPSA) is 3.24 Å². The number of alkyl halides is 1. The predicted molar refractivity (Wildman–Crippen MR) is 45.4 cm³/mol. The summed E-state index contributed by atoms with van der Waals surface area (Å²) < 4.78 is 12.0. The van der Waals surface area contributed by atoms with Crippen molar-refractivity contribution in [2.75, 3.05) is 26.3 Å². The van der Waals surface area contributed by atoms with Crippen LogP contribution < -0.4 is 0 Å². The van der Waals surface area contributed by atoms with Crippen LogP contribution in [0.15, 0.2) is 0 Å². The van der Waals surface area contributed by atoms with E-state index in [0.29, 0.717) is 6.54 Å². The van der Waals surface area contributed by atoms with Gasteiger partial charge in [-0.2, -0.15) is 0 Å². The number of nitrogens with zero attached hydrogens (tertiary/aromatic N) is 1. The highest BCUT2D eigenvalue weighted by molar-refractivity contribution is 4.74. The molecule has 1 nitrogen and oxygen atoms in total. The van der Waals surface area contributed by atoms with Gasteiger partial charge in [0.25, 0.3) is 0 Å². The Bertz CT molecular complexity index is 116. The second kappa shape index (κ2) is 4.05. The molecule has 0 aliphatic carbocycles. The molecule has 0 spiro atoms. The van der Waals surface area contributed by atoms with Crippen LogP contribution in [0.3, 0.4) is 0 Å². The van der Waals surface area contributed by atoms with Gasteiger partial charge in [-0.1, -0.05) is 13.8 Å². The van der Waals surface area contributed by atoms with Gasteiger partial charge >= 0.3 is 0 Å². The molecule has 0 aromatic rings. The van der Waals surface area contributed by atoms with Crippen molar-refractivity contribution in [3.05, 3.63) is 0 Å². The van der Waals surface area contributed by atoms with Gasteiger partial charge in [0.1, 0.15) is 6.67 Å². The molecule has 2 heteroatoms. The normalized spacial score (nSPS) is 34.1. The second-order valence-electron chi connectivity index (χ2n) is 3.73. The number of likely N-dealkylation sites (tertiary alicyclic amines) is 1. The molecule has 2 unspecified atom stereocenters. The van der Waals surface area contributed by atoms with Gasteiger partial charge in [0, 0.05) is 13.1 Å². The van der Waals surface area contributed by atoms with Crippen LogP contribution in [0.25, 0.3) is 0 Å². The van der Waals surface area contributed by atoms with E-state index in [9.17, 15) is 4.39 Å². The Labute approximate surface area is 68.6 Å². The molecule has 0 N–H and O–H groups in total. The summed E-state index contributed by atoms with van der Waals surface area (Å²) in [5.74, 6) is 1.57. The summed E-state index contributed by atoms with van der Waals surface area (Å²) in [5.41, 5.74) is 0. The fourth-order valence-electron chi connectivity index (χ4n) is 1.67. The minimum atomic E-state index is -0.193. The van der Waals surface area contributed by atoms with E-state index in [1.165, 1.54) is 6.42 Å². The van der Waals surface area contributed by atoms with Crippen molar-refractivity contribution in [2.45, 2.75) is 20.3 Å². The van der Waals surface area contributed by atoms with Gasteiger partial charge in [-0.3, -0.25) is 0 Å². The van der Waals surface area contributed by atoms with Gasteiger partial charge in [0.15, 0.2) is 0 Å². The molecule has 0 bridgehead atoms. The van der Waals surface area contributed by atoms with E-state index < -0.39 is 0 Å². The van der Waals surface area contributed by atoms with Crippen LogP contribution in [0.5, 0.6) is 0 Å². The lowest BCUT2D eigenvalue weighted by Gasteiger charge is -2.34. The van der Waals surface area contributed by atoms with E-state index in [0.717, 1.165) is 24.9 Å². The predicted octanol–water partition coefficient (Wildman–Crippen LogP) is 1.93. The van der Waals surface area contributed by atoms with Gasteiger partial charge in [-0.05, 0) is 24.8 Å². The van der Waals surface area contributed by atoms with Crippen LogP contribution in [-0.2, 0) is 0 Å². The number of halogens is 1. The van der Waals surface area contributed by atoms with E-state index >= 15 is 0 Å². The Morgan fingerprint density at radius 1 is 1.36 bits per heavy atom. The molecule has 1 saturated heterocycles. The maximum Gasteiger partial charge on any atom is 0.102 e. The van der Waals surface area contributed by atoms with Gasteiger partial charge in [0.05, 0.1) is 0 Å². The summed E-state index contributed by atoms with van der Waals surface area (Å²) in [7, 11) is 0. The highest BCUT2D eigenvalue weighted by Crippen LogP contribution is 2.21. The molecule has 1 aliphatic heterocycles. The zero-order chi connectivity index (χ0) is 8.27. The molecular formula is C9H18FN. The molecular weight excluding hydrogens is 141 g/mol. The van der Waals surface area contributed by atoms with Crippen molar-refractivity contribution in [1.82, 2.24) is 4.90 Å². The third-order valence-corrected chi connectivity index (χ3v) is 2.82. The van der Waals surface area contributed by atoms with Crippen LogP contribution in [0.4, 0.5) is 4.39 Å². The summed E-state index contributed by atoms with van der Waals surface area (Å²) in [6.07, 6.45) is 1.24. The lowest BCUT2D eigenvalue weighted by Crippen LogP contribution is -2.39. The third kappa shape index (κ3) is 2.44. The SMILES string of the molecule is CC1CCN(CCF)CC1C. The van der Waals surface area contributed by atoms with Gasteiger partial charge in [-0.15, -0.1) is 0 Å². The highest BCUT2D eigenvalue weighted by Gasteiger charge is 2.21. The summed E-state index contributed by atoms with van der Waals surface area (Å²) in [6, 6.07) is 0. The number of hydrogen-bond acceptors (Lipinski definition) is 1. The molecule has 11 heavy (non-hydrogen) atoms. The monoisotopic (exact) mass is 159 g/mol. The molecule has 1 rings (SSSR count). The summed E-state index contributed by atoms with van der Waals surface area (Å²) in [4.78, 5) is 2.23. The Balaban J connectivity index is 2.28. The molecule has 1 fully saturated rings. The van der Waals surface area contributed by atoms with E-state index in [-0.39, 0.29) is 6.67 Å². The maximum absolute atomic E-state index is 12.0. The number of hydrogen-bond donors (Lipinski definition) is 0. The maximum atomic E-state index is 12.0. The zero-order valence-corrected chi connectivity index (χ0v) is 7.52. The van der Waals surface area contributed by atoms with Crippen LogP contribution in [-0.4, -0.2) is 31.2 Å². The van der Waals surface area contributed by atoms with Crippen LogP contribution in [0.2, 0.25) is 0 Å². The van der Waals surface area contributed by atoms with E-state index in [1.54, 1.807) is 0 Å². The van der Waals surface area contributed by atoms with Crippen molar-refractivity contribution in [2.24, 2.45) is 11.8 Å². The van der Waals surface area contributed by atoms with Gasteiger partial charge in [-0.25, -0.2) is 4.39 Å². The zero-order valence-electron chi connectivity index (χ0n) is 7.52. The van der Waals surface area contributed by atoms with Gasteiger partial charge < -0.3 is 4.90 Å². The average Bonchev–Trinajstić information content (AvgIpc) is 1.98.